The Morgan fingerprint density at radius 3 is 2.39 bits per heavy atom. The van der Waals surface area contributed by atoms with Gasteiger partial charge in [-0.25, -0.2) is 9.97 Å². The lowest BCUT2D eigenvalue weighted by molar-refractivity contribution is 0.518. The Bertz CT molecular complexity index is 376. The molecule has 0 aliphatic heterocycles. The maximum atomic E-state index is 6.15. The molecule has 0 fully saturated rings. The molecule has 18 heavy (non-hydrogen) atoms. The van der Waals surface area contributed by atoms with Gasteiger partial charge >= 0.3 is 0 Å². The van der Waals surface area contributed by atoms with E-state index >= 15 is 0 Å². The molecule has 0 atom stereocenters. The van der Waals surface area contributed by atoms with Gasteiger partial charge in [0.25, 0.3) is 0 Å². The van der Waals surface area contributed by atoms with Gasteiger partial charge in [0.1, 0.15) is 16.8 Å². The summed E-state index contributed by atoms with van der Waals surface area (Å²) in [7, 11) is 0. The van der Waals surface area contributed by atoms with Crippen LogP contribution in [0.3, 0.4) is 0 Å². The van der Waals surface area contributed by atoms with Crippen molar-refractivity contribution in [2.75, 3.05) is 11.9 Å². The van der Waals surface area contributed by atoms with Crippen LogP contribution in [0.15, 0.2) is 0 Å². The van der Waals surface area contributed by atoms with Crippen molar-refractivity contribution in [3.05, 3.63) is 16.5 Å². The molecule has 0 aliphatic rings. The summed E-state index contributed by atoms with van der Waals surface area (Å²) < 4.78 is 0. The van der Waals surface area contributed by atoms with Crippen molar-refractivity contribution in [3.63, 3.8) is 0 Å². The SMILES string of the molecule is CCCc1nc(Cl)c(C)c(NCC(CC)CC)n1. The smallest absolute Gasteiger partial charge is 0.137 e. The summed E-state index contributed by atoms with van der Waals surface area (Å²) >= 11 is 6.15. The number of halogens is 1. The quantitative estimate of drug-likeness (QED) is 0.753. The van der Waals surface area contributed by atoms with Crippen molar-refractivity contribution in [2.24, 2.45) is 5.92 Å². The molecule has 0 saturated heterocycles. The molecule has 1 heterocycles. The van der Waals surface area contributed by atoms with Crippen LogP contribution < -0.4 is 5.32 Å². The van der Waals surface area contributed by atoms with E-state index in [9.17, 15) is 0 Å². The summed E-state index contributed by atoms with van der Waals surface area (Å²) in [5.41, 5.74) is 0.947. The molecule has 1 aromatic heterocycles. The van der Waals surface area contributed by atoms with Gasteiger partial charge in [-0.05, 0) is 19.3 Å². The number of anilines is 1. The summed E-state index contributed by atoms with van der Waals surface area (Å²) in [5, 5.41) is 3.99. The Hall–Kier alpha value is -0.830. The maximum Gasteiger partial charge on any atom is 0.137 e. The van der Waals surface area contributed by atoms with Gasteiger partial charge in [-0.2, -0.15) is 0 Å². The predicted molar refractivity (Wildman–Crippen MR) is 78.3 cm³/mol. The van der Waals surface area contributed by atoms with Crippen LogP contribution in [0.1, 0.15) is 51.4 Å². The average molecular weight is 270 g/mol. The first-order valence-corrected chi connectivity index (χ1v) is 7.26. The van der Waals surface area contributed by atoms with Gasteiger partial charge < -0.3 is 5.32 Å². The van der Waals surface area contributed by atoms with Crippen LogP contribution in [0.25, 0.3) is 0 Å². The first-order valence-electron chi connectivity index (χ1n) is 6.89. The summed E-state index contributed by atoms with van der Waals surface area (Å²) in [4.78, 5) is 8.86. The Balaban J connectivity index is 2.80. The van der Waals surface area contributed by atoms with E-state index in [1.165, 1.54) is 12.8 Å². The van der Waals surface area contributed by atoms with Gasteiger partial charge in [-0.1, -0.05) is 45.2 Å². The molecule has 0 radical (unpaired) electrons. The number of aromatic nitrogens is 2. The molecule has 0 spiro atoms. The van der Waals surface area contributed by atoms with Crippen molar-refractivity contribution in [1.29, 1.82) is 0 Å². The Morgan fingerprint density at radius 2 is 1.83 bits per heavy atom. The minimum absolute atomic E-state index is 0.570. The van der Waals surface area contributed by atoms with Gasteiger partial charge in [0, 0.05) is 18.5 Å². The third kappa shape index (κ3) is 4.13. The van der Waals surface area contributed by atoms with Crippen molar-refractivity contribution in [2.45, 2.75) is 53.4 Å². The van der Waals surface area contributed by atoms with Gasteiger partial charge in [0.05, 0.1) is 0 Å². The van der Waals surface area contributed by atoms with Crippen molar-refractivity contribution in [3.8, 4) is 0 Å². The highest BCUT2D eigenvalue weighted by Gasteiger charge is 2.10. The van der Waals surface area contributed by atoms with E-state index < -0.39 is 0 Å². The van der Waals surface area contributed by atoms with Crippen LogP contribution in [0, 0.1) is 12.8 Å². The lowest BCUT2D eigenvalue weighted by atomic mass is 10.0. The van der Waals surface area contributed by atoms with E-state index in [1.54, 1.807) is 0 Å². The third-order valence-corrected chi connectivity index (χ3v) is 3.69. The maximum absolute atomic E-state index is 6.15. The molecule has 0 aliphatic carbocycles. The first kappa shape index (κ1) is 15.2. The fourth-order valence-electron chi connectivity index (χ4n) is 1.86. The van der Waals surface area contributed by atoms with E-state index in [1.807, 2.05) is 6.92 Å². The second-order valence-corrected chi connectivity index (χ2v) is 5.08. The van der Waals surface area contributed by atoms with E-state index in [4.69, 9.17) is 11.6 Å². The van der Waals surface area contributed by atoms with Gasteiger partial charge in [-0.3, -0.25) is 0 Å². The minimum atomic E-state index is 0.570. The highest BCUT2D eigenvalue weighted by molar-refractivity contribution is 6.30. The van der Waals surface area contributed by atoms with Crippen LogP contribution in [0.5, 0.6) is 0 Å². The largest absolute Gasteiger partial charge is 0.369 e. The topological polar surface area (TPSA) is 37.8 Å². The van der Waals surface area contributed by atoms with Gasteiger partial charge in [0.2, 0.25) is 0 Å². The van der Waals surface area contributed by atoms with Crippen LogP contribution >= 0.6 is 11.6 Å². The lowest BCUT2D eigenvalue weighted by Crippen LogP contribution is -2.15. The predicted octanol–water partition coefficient (Wildman–Crippen LogP) is 4.24. The molecule has 0 amide bonds. The summed E-state index contributed by atoms with van der Waals surface area (Å²) in [6.07, 6.45) is 4.28. The zero-order chi connectivity index (χ0) is 13.5. The highest BCUT2D eigenvalue weighted by Crippen LogP contribution is 2.21. The molecule has 102 valence electrons. The van der Waals surface area contributed by atoms with E-state index in [2.05, 4.69) is 36.1 Å². The fourth-order valence-corrected chi connectivity index (χ4v) is 2.05. The molecule has 0 unspecified atom stereocenters. The molecular weight excluding hydrogens is 246 g/mol. The average Bonchev–Trinajstić information content (AvgIpc) is 2.36. The molecule has 1 rings (SSSR count). The summed E-state index contributed by atoms with van der Waals surface area (Å²) in [5.74, 6) is 2.42. The number of hydrogen-bond acceptors (Lipinski definition) is 3. The molecule has 3 nitrogen and oxygen atoms in total. The van der Waals surface area contributed by atoms with Gasteiger partial charge in [0.15, 0.2) is 0 Å². The normalized spacial score (nSPS) is 11.0. The molecular formula is C14H24ClN3. The van der Waals surface area contributed by atoms with E-state index in [0.29, 0.717) is 11.1 Å². The number of nitrogens with one attached hydrogen (secondary N) is 1. The Morgan fingerprint density at radius 1 is 1.17 bits per heavy atom. The zero-order valence-electron chi connectivity index (χ0n) is 11.9. The molecule has 1 aromatic rings. The highest BCUT2D eigenvalue weighted by atomic mass is 35.5. The van der Waals surface area contributed by atoms with Crippen molar-refractivity contribution >= 4 is 17.4 Å². The molecule has 0 bridgehead atoms. The van der Waals surface area contributed by atoms with E-state index in [-0.39, 0.29) is 0 Å². The molecule has 1 N–H and O–H groups in total. The number of aryl methyl sites for hydroxylation is 1. The number of rotatable bonds is 7. The second kappa shape index (κ2) is 7.57. The van der Waals surface area contributed by atoms with Crippen LogP contribution in [-0.2, 0) is 6.42 Å². The summed E-state index contributed by atoms with van der Waals surface area (Å²) in [6, 6.07) is 0. The zero-order valence-corrected chi connectivity index (χ0v) is 12.6. The van der Waals surface area contributed by atoms with Gasteiger partial charge in [-0.15, -0.1) is 0 Å². The standard InChI is InChI=1S/C14H24ClN3/c1-5-8-12-17-13(15)10(4)14(18-12)16-9-11(6-2)7-3/h11H,5-9H2,1-4H3,(H,16,17,18). The van der Waals surface area contributed by atoms with Crippen molar-refractivity contribution in [1.82, 2.24) is 9.97 Å². The monoisotopic (exact) mass is 269 g/mol. The van der Waals surface area contributed by atoms with E-state index in [0.717, 1.165) is 36.6 Å². The summed E-state index contributed by atoms with van der Waals surface area (Å²) in [6.45, 7) is 9.48. The molecule has 4 heteroatoms. The molecule has 0 saturated carbocycles. The Kier molecular flexibility index (Phi) is 6.41. The van der Waals surface area contributed by atoms with Crippen LogP contribution in [-0.4, -0.2) is 16.5 Å². The van der Waals surface area contributed by atoms with Crippen LogP contribution in [0.4, 0.5) is 5.82 Å². The first-order chi connectivity index (χ1) is 8.62. The number of hydrogen-bond donors (Lipinski definition) is 1. The molecule has 0 aromatic carbocycles. The Labute approximate surface area is 115 Å². The number of nitrogens with zero attached hydrogens (tertiary/aromatic N) is 2. The third-order valence-electron chi connectivity index (χ3n) is 3.32. The lowest BCUT2D eigenvalue weighted by Gasteiger charge is -2.16. The van der Waals surface area contributed by atoms with Crippen LogP contribution in [0.2, 0.25) is 5.15 Å². The minimum Gasteiger partial charge on any atom is -0.369 e. The second-order valence-electron chi connectivity index (χ2n) is 4.72. The van der Waals surface area contributed by atoms with Crippen molar-refractivity contribution < 1.29 is 0 Å². The fraction of sp³-hybridized carbons (Fsp3) is 0.714.